The van der Waals surface area contributed by atoms with Crippen molar-refractivity contribution < 1.29 is 14.3 Å². The number of halogens is 1. The van der Waals surface area contributed by atoms with Gasteiger partial charge in [0.2, 0.25) is 0 Å². The highest BCUT2D eigenvalue weighted by Gasteiger charge is 2.22. The first-order valence-corrected chi connectivity index (χ1v) is 8.95. The number of carbonyl (C=O) groups excluding carboxylic acids is 2. The molecular formula is C21H25ClN2O3. The number of piperidine rings is 1. The monoisotopic (exact) mass is 388 g/mol. The number of nitrogens with one attached hydrogen (secondary N) is 1. The van der Waals surface area contributed by atoms with Gasteiger partial charge in [-0.05, 0) is 44.2 Å². The molecule has 3 rings (SSSR count). The van der Waals surface area contributed by atoms with Crippen LogP contribution in [0.25, 0.3) is 0 Å². The van der Waals surface area contributed by atoms with E-state index in [0.29, 0.717) is 22.9 Å². The van der Waals surface area contributed by atoms with Gasteiger partial charge in [-0.25, -0.2) is 0 Å². The molecule has 27 heavy (non-hydrogen) atoms. The molecular weight excluding hydrogens is 364 g/mol. The molecule has 1 heterocycles. The first kappa shape index (κ1) is 20.9. The van der Waals surface area contributed by atoms with Crippen molar-refractivity contribution in [2.45, 2.75) is 18.9 Å². The Kier molecular flexibility index (Phi) is 7.82. The Morgan fingerprint density at radius 2 is 1.74 bits per heavy atom. The van der Waals surface area contributed by atoms with Crippen molar-refractivity contribution in [3.8, 4) is 5.75 Å². The van der Waals surface area contributed by atoms with Crippen LogP contribution in [0.5, 0.6) is 5.75 Å². The van der Waals surface area contributed by atoms with Gasteiger partial charge in [-0.3, -0.25) is 9.59 Å². The van der Waals surface area contributed by atoms with Gasteiger partial charge in [-0.1, -0.05) is 30.3 Å². The average molecular weight is 389 g/mol. The molecule has 1 aliphatic rings. The smallest absolute Gasteiger partial charge is 0.260 e. The fraction of sp³-hybridized carbons (Fsp3) is 0.333. The van der Waals surface area contributed by atoms with Gasteiger partial charge in [0.25, 0.3) is 5.91 Å². The zero-order chi connectivity index (χ0) is 18.4. The van der Waals surface area contributed by atoms with E-state index in [-0.39, 0.29) is 30.7 Å². The second kappa shape index (κ2) is 10.1. The van der Waals surface area contributed by atoms with E-state index in [1.165, 1.54) is 0 Å². The Labute approximate surface area is 166 Å². The molecule has 0 bridgehead atoms. The molecule has 1 aliphatic heterocycles. The number of rotatable bonds is 6. The lowest BCUT2D eigenvalue weighted by Crippen LogP contribution is -2.48. The van der Waals surface area contributed by atoms with E-state index < -0.39 is 0 Å². The van der Waals surface area contributed by atoms with Crippen molar-refractivity contribution in [3.63, 3.8) is 0 Å². The molecule has 0 saturated carbocycles. The summed E-state index contributed by atoms with van der Waals surface area (Å²) in [6, 6.07) is 16.4. The van der Waals surface area contributed by atoms with Crippen molar-refractivity contribution in [1.82, 2.24) is 10.2 Å². The third-order valence-corrected chi connectivity index (χ3v) is 4.70. The Bertz CT molecular complexity index is 750. The number of ketones is 1. The molecule has 0 aromatic heterocycles. The van der Waals surface area contributed by atoms with Gasteiger partial charge in [0.15, 0.2) is 12.4 Å². The molecule has 6 heteroatoms. The fourth-order valence-electron chi connectivity index (χ4n) is 3.13. The summed E-state index contributed by atoms with van der Waals surface area (Å²) >= 11 is 0. The Morgan fingerprint density at radius 3 is 2.41 bits per heavy atom. The molecule has 1 atom stereocenters. The SMILES string of the molecule is CNC1CCCN(C(=O)COc2ccc(C(=O)c3ccccc3)cc2)C1.Cl. The summed E-state index contributed by atoms with van der Waals surface area (Å²) in [5, 5.41) is 3.23. The average Bonchev–Trinajstić information content (AvgIpc) is 2.72. The summed E-state index contributed by atoms with van der Waals surface area (Å²) in [6.07, 6.45) is 2.10. The molecule has 1 unspecified atom stereocenters. The van der Waals surface area contributed by atoms with Crippen molar-refractivity contribution in [2.24, 2.45) is 0 Å². The van der Waals surface area contributed by atoms with Crippen molar-refractivity contribution in [3.05, 3.63) is 65.7 Å². The van der Waals surface area contributed by atoms with Crippen LogP contribution in [0.15, 0.2) is 54.6 Å². The zero-order valence-corrected chi connectivity index (χ0v) is 16.2. The number of nitrogens with zero attached hydrogens (tertiary/aromatic N) is 1. The second-order valence-corrected chi connectivity index (χ2v) is 6.48. The van der Waals surface area contributed by atoms with E-state index in [1.54, 1.807) is 36.4 Å². The van der Waals surface area contributed by atoms with Gasteiger partial charge in [0.05, 0.1) is 0 Å². The van der Waals surface area contributed by atoms with Gasteiger partial charge in [0, 0.05) is 30.3 Å². The van der Waals surface area contributed by atoms with Crippen LogP contribution in [0, 0.1) is 0 Å². The summed E-state index contributed by atoms with van der Waals surface area (Å²) in [7, 11) is 1.92. The minimum atomic E-state index is -0.0281. The molecule has 2 aromatic carbocycles. The Morgan fingerprint density at radius 1 is 1.07 bits per heavy atom. The summed E-state index contributed by atoms with van der Waals surface area (Å²) in [5.74, 6) is 0.555. The first-order valence-electron chi connectivity index (χ1n) is 8.95. The molecule has 0 spiro atoms. The number of likely N-dealkylation sites (N-methyl/N-ethyl adjacent to an activating group) is 1. The minimum Gasteiger partial charge on any atom is -0.484 e. The normalized spacial score (nSPS) is 16.3. The lowest BCUT2D eigenvalue weighted by Gasteiger charge is -2.32. The highest BCUT2D eigenvalue weighted by molar-refractivity contribution is 6.08. The van der Waals surface area contributed by atoms with E-state index in [0.717, 1.165) is 25.9 Å². The Balaban J connectivity index is 0.00000261. The van der Waals surface area contributed by atoms with Crippen LogP contribution in [0.4, 0.5) is 0 Å². The fourth-order valence-corrected chi connectivity index (χ4v) is 3.13. The second-order valence-electron chi connectivity index (χ2n) is 6.48. The Hall–Kier alpha value is -2.37. The standard InChI is InChI=1S/C21H24N2O3.ClH/c1-22-18-8-5-13-23(14-18)20(24)15-26-19-11-9-17(10-12-19)21(25)16-6-3-2-4-7-16;/h2-4,6-7,9-12,18,22H,5,8,13-15H2,1H3;1H. The number of benzene rings is 2. The van der Waals surface area contributed by atoms with E-state index >= 15 is 0 Å². The number of likely N-dealkylation sites (tertiary alicyclic amines) is 1. The minimum absolute atomic E-state index is 0. The van der Waals surface area contributed by atoms with Crippen LogP contribution in [0.1, 0.15) is 28.8 Å². The van der Waals surface area contributed by atoms with E-state index in [9.17, 15) is 9.59 Å². The molecule has 0 aliphatic carbocycles. The number of carbonyl (C=O) groups is 2. The molecule has 1 amide bonds. The first-order chi connectivity index (χ1) is 12.7. The van der Waals surface area contributed by atoms with Crippen LogP contribution in [-0.2, 0) is 4.79 Å². The van der Waals surface area contributed by atoms with Crippen LogP contribution in [0.3, 0.4) is 0 Å². The molecule has 144 valence electrons. The molecule has 1 fully saturated rings. The van der Waals surface area contributed by atoms with E-state index in [4.69, 9.17) is 4.74 Å². The molecule has 5 nitrogen and oxygen atoms in total. The van der Waals surface area contributed by atoms with Crippen LogP contribution in [0.2, 0.25) is 0 Å². The van der Waals surface area contributed by atoms with Crippen molar-refractivity contribution in [1.29, 1.82) is 0 Å². The maximum Gasteiger partial charge on any atom is 0.260 e. The summed E-state index contributed by atoms with van der Waals surface area (Å²) in [5.41, 5.74) is 1.25. The maximum absolute atomic E-state index is 12.4. The summed E-state index contributed by atoms with van der Waals surface area (Å²) in [4.78, 5) is 26.5. The third-order valence-electron chi connectivity index (χ3n) is 4.70. The molecule has 2 aromatic rings. The van der Waals surface area contributed by atoms with Crippen molar-refractivity contribution in [2.75, 3.05) is 26.7 Å². The summed E-state index contributed by atoms with van der Waals surface area (Å²) < 4.78 is 5.61. The third kappa shape index (κ3) is 5.55. The van der Waals surface area contributed by atoms with Crippen molar-refractivity contribution >= 4 is 24.1 Å². The quantitative estimate of drug-likeness (QED) is 0.773. The van der Waals surface area contributed by atoms with Gasteiger partial charge >= 0.3 is 0 Å². The van der Waals surface area contributed by atoms with E-state index in [2.05, 4.69) is 5.32 Å². The highest BCUT2D eigenvalue weighted by atomic mass is 35.5. The van der Waals surface area contributed by atoms with Crippen LogP contribution < -0.4 is 10.1 Å². The van der Waals surface area contributed by atoms with E-state index in [1.807, 2.05) is 30.1 Å². The molecule has 0 radical (unpaired) electrons. The molecule has 1 saturated heterocycles. The van der Waals surface area contributed by atoms with Gasteiger partial charge < -0.3 is 15.0 Å². The highest BCUT2D eigenvalue weighted by Crippen LogP contribution is 2.16. The summed E-state index contributed by atoms with van der Waals surface area (Å²) in [6.45, 7) is 1.52. The number of hydrogen-bond acceptors (Lipinski definition) is 4. The number of ether oxygens (including phenoxy) is 1. The lowest BCUT2D eigenvalue weighted by atomic mass is 10.0. The number of amides is 1. The van der Waals surface area contributed by atoms with Gasteiger partial charge in [0.1, 0.15) is 5.75 Å². The van der Waals surface area contributed by atoms with Crippen LogP contribution in [-0.4, -0.2) is 49.4 Å². The maximum atomic E-state index is 12.4. The largest absolute Gasteiger partial charge is 0.484 e. The predicted molar refractivity (Wildman–Crippen MR) is 108 cm³/mol. The predicted octanol–water partition coefficient (Wildman–Crippen LogP) is 2.93. The topological polar surface area (TPSA) is 58.6 Å². The van der Waals surface area contributed by atoms with Crippen LogP contribution >= 0.6 is 12.4 Å². The van der Waals surface area contributed by atoms with Gasteiger partial charge in [-0.15, -0.1) is 12.4 Å². The number of hydrogen-bond donors (Lipinski definition) is 1. The lowest BCUT2D eigenvalue weighted by molar-refractivity contribution is -0.134. The molecule has 1 N–H and O–H groups in total. The zero-order valence-electron chi connectivity index (χ0n) is 15.4. The van der Waals surface area contributed by atoms with Gasteiger partial charge in [-0.2, -0.15) is 0 Å².